The average molecular weight is 481 g/mol. The van der Waals surface area contributed by atoms with Gasteiger partial charge in [-0.2, -0.15) is 0 Å². The Bertz CT molecular complexity index is 705. The number of allylic oxidation sites excluding steroid dienone is 4. The quantitative estimate of drug-likeness (QED) is 0.352. The first kappa shape index (κ1) is 30.2. The van der Waals surface area contributed by atoms with E-state index in [4.69, 9.17) is 0 Å². The van der Waals surface area contributed by atoms with E-state index in [1.54, 1.807) is 6.08 Å². The van der Waals surface area contributed by atoms with Crippen LogP contribution < -0.4 is 0 Å². The Morgan fingerprint density at radius 1 is 0.657 bits per heavy atom. The third-order valence-electron chi connectivity index (χ3n) is 10.9. The summed E-state index contributed by atoms with van der Waals surface area (Å²) in [5.74, 6) is 5.42. The third-order valence-corrected chi connectivity index (χ3v) is 10.9. The van der Waals surface area contributed by atoms with Gasteiger partial charge in [0.25, 0.3) is 0 Å². The van der Waals surface area contributed by atoms with Crippen LogP contribution in [0.15, 0.2) is 49.1 Å². The minimum atomic E-state index is 0.367. The molecular weight excluding hydrogens is 420 g/mol. The molecule has 0 aromatic rings. The number of rotatable bonds is 3. The predicted molar refractivity (Wildman–Crippen MR) is 159 cm³/mol. The minimum absolute atomic E-state index is 0.367. The molecule has 7 unspecified atom stereocenters. The Morgan fingerprint density at radius 2 is 1.00 bits per heavy atom. The lowest BCUT2D eigenvalue weighted by Crippen LogP contribution is -2.46. The second-order valence-electron chi connectivity index (χ2n) is 13.8. The van der Waals surface area contributed by atoms with Crippen LogP contribution in [0.1, 0.15) is 126 Å². The maximum atomic E-state index is 4.28. The topological polar surface area (TPSA) is 0 Å². The lowest BCUT2D eigenvalue weighted by molar-refractivity contribution is -0.0211. The van der Waals surface area contributed by atoms with Crippen LogP contribution in [0.5, 0.6) is 0 Å². The molecule has 0 aromatic heterocycles. The van der Waals surface area contributed by atoms with Crippen molar-refractivity contribution in [3.8, 4) is 0 Å². The van der Waals surface area contributed by atoms with Crippen LogP contribution in [-0.4, -0.2) is 0 Å². The highest BCUT2D eigenvalue weighted by molar-refractivity contribution is 5.15. The molecule has 35 heavy (non-hydrogen) atoms. The van der Waals surface area contributed by atoms with E-state index in [2.05, 4.69) is 67.9 Å². The van der Waals surface area contributed by atoms with Gasteiger partial charge in [-0.15, -0.1) is 6.58 Å². The van der Waals surface area contributed by atoms with E-state index in [1.165, 1.54) is 93.8 Å². The van der Waals surface area contributed by atoms with Crippen molar-refractivity contribution >= 4 is 0 Å². The number of fused-ring (bicyclic) bond motifs is 2. The van der Waals surface area contributed by atoms with Gasteiger partial charge in [-0.1, -0.05) is 115 Å². The molecule has 0 heterocycles. The molecule has 0 saturated heterocycles. The zero-order chi connectivity index (χ0) is 26.4. The molecule has 0 aromatic carbocycles. The summed E-state index contributed by atoms with van der Waals surface area (Å²) < 4.78 is 0. The van der Waals surface area contributed by atoms with Crippen LogP contribution in [0.4, 0.5) is 0 Å². The molecule has 4 rings (SSSR count). The normalized spacial score (nSPS) is 37.6. The molecule has 0 nitrogen and oxygen atoms in total. The molecular formula is C35H60. The zero-order valence-electron chi connectivity index (χ0n) is 24.9. The molecule has 0 aliphatic heterocycles. The second kappa shape index (κ2) is 13.0. The molecule has 7 atom stereocenters. The van der Waals surface area contributed by atoms with Gasteiger partial charge in [0.15, 0.2) is 0 Å². The largest absolute Gasteiger partial charge is 0.103 e. The van der Waals surface area contributed by atoms with Gasteiger partial charge in [0.2, 0.25) is 0 Å². The molecule has 0 radical (unpaired) electrons. The molecule has 0 bridgehead atoms. The minimum Gasteiger partial charge on any atom is -0.103 e. The van der Waals surface area contributed by atoms with Crippen LogP contribution in [-0.2, 0) is 0 Å². The monoisotopic (exact) mass is 480 g/mol. The van der Waals surface area contributed by atoms with Gasteiger partial charge in [0, 0.05) is 0 Å². The Kier molecular flexibility index (Phi) is 11.2. The van der Waals surface area contributed by atoms with E-state index in [-0.39, 0.29) is 0 Å². The maximum Gasteiger partial charge on any atom is -0.00679 e. The average Bonchev–Trinajstić information content (AvgIpc) is 2.79. The summed E-state index contributed by atoms with van der Waals surface area (Å²) in [6, 6.07) is 0. The highest BCUT2D eigenvalue weighted by atomic mass is 14.5. The van der Waals surface area contributed by atoms with Gasteiger partial charge in [-0.25, -0.2) is 0 Å². The third kappa shape index (κ3) is 7.26. The highest BCUT2D eigenvalue weighted by Gasteiger charge is 2.50. The lowest BCUT2D eigenvalue weighted by Gasteiger charge is -2.55. The van der Waals surface area contributed by atoms with Gasteiger partial charge in [-0.3, -0.25) is 0 Å². The van der Waals surface area contributed by atoms with E-state index in [9.17, 15) is 0 Å². The molecule has 200 valence electrons. The summed E-state index contributed by atoms with van der Waals surface area (Å²) in [6.07, 6.45) is 19.1. The van der Waals surface area contributed by atoms with Crippen molar-refractivity contribution in [1.29, 1.82) is 0 Å². The van der Waals surface area contributed by atoms with Gasteiger partial charge < -0.3 is 0 Å². The van der Waals surface area contributed by atoms with Crippen LogP contribution in [0.2, 0.25) is 0 Å². The number of hydrogen-bond donors (Lipinski definition) is 0. The summed E-state index contributed by atoms with van der Waals surface area (Å²) in [7, 11) is 0. The Hall–Kier alpha value is -1.04. The fraction of sp³-hybridized carbons (Fsp3) is 0.771. The van der Waals surface area contributed by atoms with Gasteiger partial charge in [-0.05, 0) is 99.7 Å². The van der Waals surface area contributed by atoms with Crippen molar-refractivity contribution in [3.63, 3.8) is 0 Å². The van der Waals surface area contributed by atoms with Gasteiger partial charge in [0.05, 0.1) is 0 Å². The molecule has 4 aliphatic rings. The van der Waals surface area contributed by atoms with Crippen molar-refractivity contribution in [2.24, 2.45) is 46.3 Å². The van der Waals surface area contributed by atoms with Crippen molar-refractivity contribution in [3.05, 3.63) is 49.1 Å². The summed E-state index contributed by atoms with van der Waals surface area (Å²) in [6.45, 7) is 32.0. The SMILES string of the molecule is C=C(C)C1(C)CC2CCCCC2CC1(C)C.C=C(C)C1CC2CCCCC2CC1C(=C)C.C=CC. The molecule has 0 amide bonds. The predicted octanol–water partition coefficient (Wildman–Crippen LogP) is 11.4. The molecule has 0 heteroatoms. The zero-order valence-corrected chi connectivity index (χ0v) is 24.9. The Labute approximate surface area is 220 Å². The van der Waals surface area contributed by atoms with Crippen molar-refractivity contribution in [2.75, 3.05) is 0 Å². The van der Waals surface area contributed by atoms with E-state index in [1.807, 2.05) is 6.92 Å². The molecule has 4 fully saturated rings. The first-order valence-electron chi connectivity index (χ1n) is 14.9. The number of hydrogen-bond acceptors (Lipinski definition) is 0. The second-order valence-corrected chi connectivity index (χ2v) is 13.8. The van der Waals surface area contributed by atoms with Crippen LogP contribution >= 0.6 is 0 Å². The van der Waals surface area contributed by atoms with E-state index in [0.29, 0.717) is 10.8 Å². The molecule has 4 saturated carbocycles. The van der Waals surface area contributed by atoms with Crippen LogP contribution in [0.25, 0.3) is 0 Å². The van der Waals surface area contributed by atoms with Crippen LogP contribution in [0.3, 0.4) is 0 Å². The Balaban J connectivity index is 0.000000222. The summed E-state index contributed by atoms with van der Waals surface area (Å²) >= 11 is 0. The first-order chi connectivity index (χ1) is 16.4. The Morgan fingerprint density at radius 3 is 1.34 bits per heavy atom. The van der Waals surface area contributed by atoms with Gasteiger partial charge in [0.1, 0.15) is 0 Å². The fourth-order valence-electron chi connectivity index (χ4n) is 8.23. The van der Waals surface area contributed by atoms with E-state index >= 15 is 0 Å². The molecule has 0 spiro atoms. The van der Waals surface area contributed by atoms with Crippen molar-refractivity contribution in [2.45, 2.75) is 126 Å². The van der Waals surface area contributed by atoms with Crippen molar-refractivity contribution < 1.29 is 0 Å². The molecule has 4 aliphatic carbocycles. The molecule has 0 N–H and O–H groups in total. The first-order valence-corrected chi connectivity index (χ1v) is 14.9. The smallest absolute Gasteiger partial charge is 0.00679 e. The van der Waals surface area contributed by atoms with Crippen molar-refractivity contribution in [1.82, 2.24) is 0 Å². The van der Waals surface area contributed by atoms with Crippen LogP contribution in [0, 0.1) is 46.3 Å². The van der Waals surface area contributed by atoms with Gasteiger partial charge >= 0.3 is 0 Å². The lowest BCUT2D eigenvalue weighted by atomic mass is 9.49. The maximum absolute atomic E-state index is 4.28. The summed E-state index contributed by atoms with van der Waals surface area (Å²) in [4.78, 5) is 0. The standard InChI is InChI=1S/C16H28.C16H26.C3H6/c1-12(2)16(5)11-14-9-7-6-8-13(14)10-15(16,3)4;1-11(2)15-9-13-7-5-6-8-14(13)10-16(15)12(3)4;1-3-2/h13-14H,1,6-11H2,2-5H3;13-16H,1,3,5-10H2,2,4H3;3H,1H2,2H3. The highest BCUT2D eigenvalue weighted by Crippen LogP contribution is 2.59. The van der Waals surface area contributed by atoms with E-state index < -0.39 is 0 Å². The fourth-order valence-corrected chi connectivity index (χ4v) is 8.23. The summed E-state index contributed by atoms with van der Waals surface area (Å²) in [5, 5.41) is 0. The summed E-state index contributed by atoms with van der Waals surface area (Å²) in [5.41, 5.74) is 4.98. The van der Waals surface area contributed by atoms with E-state index in [0.717, 1.165) is 35.5 Å².